The minimum atomic E-state index is 0.863. The van der Waals surface area contributed by atoms with E-state index in [0.717, 1.165) is 23.8 Å². The van der Waals surface area contributed by atoms with Crippen LogP contribution in [0.5, 0.6) is 0 Å². The highest BCUT2D eigenvalue weighted by molar-refractivity contribution is 4.81. The van der Waals surface area contributed by atoms with Crippen LogP contribution in [-0.4, -0.2) is 37.6 Å². The van der Waals surface area contributed by atoms with E-state index in [9.17, 15) is 0 Å². The fourth-order valence-corrected chi connectivity index (χ4v) is 3.85. The highest BCUT2D eigenvalue weighted by Crippen LogP contribution is 2.32. The summed E-state index contributed by atoms with van der Waals surface area (Å²) in [4.78, 5) is 2.66. The van der Waals surface area contributed by atoms with Crippen LogP contribution in [0, 0.1) is 17.8 Å². The molecule has 106 valence electrons. The van der Waals surface area contributed by atoms with Crippen LogP contribution in [0.2, 0.25) is 0 Å². The van der Waals surface area contributed by atoms with Gasteiger partial charge in [-0.05, 0) is 76.4 Å². The summed E-state index contributed by atoms with van der Waals surface area (Å²) < 4.78 is 0. The molecule has 0 spiro atoms. The van der Waals surface area contributed by atoms with Crippen molar-refractivity contribution in [1.82, 2.24) is 10.2 Å². The maximum Gasteiger partial charge on any atom is 0.00925 e. The Kier molecular flexibility index (Phi) is 5.50. The van der Waals surface area contributed by atoms with Crippen LogP contribution in [0.3, 0.4) is 0 Å². The zero-order chi connectivity index (χ0) is 13.0. The molecule has 2 nitrogen and oxygen atoms in total. The second-order valence-electron chi connectivity index (χ2n) is 6.96. The Hall–Kier alpha value is -0.0800. The molecule has 2 aliphatic rings. The van der Waals surface area contributed by atoms with Crippen molar-refractivity contribution < 1.29 is 0 Å². The molecule has 2 heteroatoms. The normalized spacial score (nSPS) is 34.2. The van der Waals surface area contributed by atoms with Gasteiger partial charge in [-0.1, -0.05) is 13.8 Å². The van der Waals surface area contributed by atoms with Gasteiger partial charge in [0.1, 0.15) is 0 Å². The quantitative estimate of drug-likeness (QED) is 0.827. The second kappa shape index (κ2) is 6.91. The van der Waals surface area contributed by atoms with Gasteiger partial charge >= 0.3 is 0 Å². The first-order chi connectivity index (χ1) is 8.66. The molecule has 0 bridgehead atoms. The van der Waals surface area contributed by atoms with E-state index in [-0.39, 0.29) is 0 Å². The van der Waals surface area contributed by atoms with E-state index in [1.807, 2.05) is 0 Å². The van der Waals surface area contributed by atoms with Crippen molar-refractivity contribution in [2.45, 2.75) is 58.4 Å². The minimum Gasteiger partial charge on any atom is -0.316 e. The Bertz CT molecular complexity index is 225. The van der Waals surface area contributed by atoms with E-state index in [4.69, 9.17) is 0 Å². The lowest BCUT2D eigenvalue weighted by molar-refractivity contribution is 0.125. The summed E-state index contributed by atoms with van der Waals surface area (Å²) in [5.41, 5.74) is 0. The third-order valence-corrected chi connectivity index (χ3v) is 5.25. The molecule has 0 aromatic heterocycles. The zero-order valence-electron chi connectivity index (χ0n) is 12.6. The van der Waals surface area contributed by atoms with Gasteiger partial charge in [0.2, 0.25) is 0 Å². The van der Waals surface area contributed by atoms with Gasteiger partial charge in [0.05, 0.1) is 0 Å². The van der Waals surface area contributed by atoms with E-state index < -0.39 is 0 Å². The molecule has 18 heavy (non-hydrogen) atoms. The van der Waals surface area contributed by atoms with Crippen LogP contribution in [0.15, 0.2) is 0 Å². The van der Waals surface area contributed by atoms with Crippen LogP contribution in [0.4, 0.5) is 0 Å². The standard InChI is InChI=1S/C16H32N2/c1-13(2)15-6-8-16(9-7-15)18(3)12-14-5-4-10-17-11-14/h13-17H,4-12H2,1-3H3. The van der Waals surface area contributed by atoms with E-state index in [1.165, 1.54) is 58.2 Å². The molecule has 1 aliphatic heterocycles. The van der Waals surface area contributed by atoms with E-state index in [0.29, 0.717) is 0 Å². The fourth-order valence-electron chi connectivity index (χ4n) is 3.85. The summed E-state index contributed by atoms with van der Waals surface area (Å²) in [6.07, 6.45) is 8.57. The average Bonchev–Trinajstić information content (AvgIpc) is 2.40. The second-order valence-corrected chi connectivity index (χ2v) is 6.96. The predicted molar refractivity (Wildman–Crippen MR) is 78.8 cm³/mol. The van der Waals surface area contributed by atoms with Gasteiger partial charge in [-0.3, -0.25) is 0 Å². The minimum absolute atomic E-state index is 0.863. The summed E-state index contributed by atoms with van der Waals surface area (Å²) in [6, 6.07) is 0.863. The molecule has 1 unspecified atom stereocenters. The number of rotatable bonds is 4. The smallest absolute Gasteiger partial charge is 0.00925 e. The lowest BCUT2D eigenvalue weighted by Gasteiger charge is -2.38. The highest BCUT2D eigenvalue weighted by atomic mass is 15.1. The van der Waals surface area contributed by atoms with Gasteiger partial charge in [0.15, 0.2) is 0 Å². The molecule has 0 radical (unpaired) electrons. The first-order valence-corrected chi connectivity index (χ1v) is 8.07. The summed E-state index contributed by atoms with van der Waals surface area (Å²) in [7, 11) is 2.36. The van der Waals surface area contributed by atoms with Crippen LogP contribution >= 0.6 is 0 Å². The molecule has 1 aliphatic carbocycles. The van der Waals surface area contributed by atoms with Crippen molar-refractivity contribution in [2.75, 3.05) is 26.7 Å². The van der Waals surface area contributed by atoms with Crippen molar-refractivity contribution in [2.24, 2.45) is 17.8 Å². The average molecular weight is 252 g/mol. The molecule has 1 N–H and O–H groups in total. The Morgan fingerprint density at radius 2 is 1.83 bits per heavy atom. The summed E-state index contributed by atoms with van der Waals surface area (Å²) in [5.74, 6) is 2.77. The van der Waals surface area contributed by atoms with Gasteiger partial charge in [-0.15, -0.1) is 0 Å². The molecule has 2 fully saturated rings. The summed E-state index contributed by atoms with van der Waals surface area (Å²) in [5, 5.41) is 3.54. The highest BCUT2D eigenvalue weighted by Gasteiger charge is 2.26. The molecular weight excluding hydrogens is 220 g/mol. The summed E-state index contributed by atoms with van der Waals surface area (Å²) in [6.45, 7) is 8.57. The van der Waals surface area contributed by atoms with Crippen LogP contribution < -0.4 is 5.32 Å². The largest absolute Gasteiger partial charge is 0.316 e. The Labute approximate surface area is 114 Å². The molecule has 1 heterocycles. The Balaban J connectivity index is 1.71. The maximum absolute atomic E-state index is 3.54. The van der Waals surface area contributed by atoms with E-state index in [2.05, 4.69) is 31.1 Å². The van der Waals surface area contributed by atoms with Crippen molar-refractivity contribution in [3.8, 4) is 0 Å². The molecule has 1 saturated heterocycles. The molecule has 0 aromatic carbocycles. The number of piperidine rings is 1. The molecule has 0 aromatic rings. The van der Waals surface area contributed by atoms with Crippen LogP contribution in [0.1, 0.15) is 52.4 Å². The molecule has 2 rings (SSSR count). The topological polar surface area (TPSA) is 15.3 Å². The fraction of sp³-hybridized carbons (Fsp3) is 1.00. The molecular formula is C16H32N2. The third kappa shape index (κ3) is 3.96. The Morgan fingerprint density at radius 3 is 2.39 bits per heavy atom. The third-order valence-electron chi connectivity index (χ3n) is 5.25. The molecule has 1 atom stereocenters. The summed E-state index contributed by atoms with van der Waals surface area (Å²) >= 11 is 0. The van der Waals surface area contributed by atoms with Crippen molar-refractivity contribution in [3.63, 3.8) is 0 Å². The van der Waals surface area contributed by atoms with E-state index in [1.54, 1.807) is 0 Å². The van der Waals surface area contributed by atoms with Gasteiger partial charge in [0, 0.05) is 12.6 Å². The van der Waals surface area contributed by atoms with Crippen molar-refractivity contribution >= 4 is 0 Å². The monoisotopic (exact) mass is 252 g/mol. The molecule has 0 amide bonds. The van der Waals surface area contributed by atoms with Crippen molar-refractivity contribution in [1.29, 1.82) is 0 Å². The van der Waals surface area contributed by atoms with Gasteiger partial charge in [-0.2, -0.15) is 0 Å². The van der Waals surface area contributed by atoms with Crippen LogP contribution in [0.25, 0.3) is 0 Å². The number of hydrogen-bond donors (Lipinski definition) is 1. The van der Waals surface area contributed by atoms with E-state index >= 15 is 0 Å². The van der Waals surface area contributed by atoms with Gasteiger partial charge < -0.3 is 10.2 Å². The van der Waals surface area contributed by atoms with Gasteiger partial charge in [0.25, 0.3) is 0 Å². The maximum atomic E-state index is 3.54. The number of hydrogen-bond acceptors (Lipinski definition) is 2. The lowest BCUT2D eigenvalue weighted by Crippen LogP contribution is -2.42. The molecule has 1 saturated carbocycles. The number of nitrogens with one attached hydrogen (secondary N) is 1. The SMILES string of the molecule is CC(C)C1CCC(N(C)CC2CCCNC2)CC1. The predicted octanol–water partition coefficient (Wildman–Crippen LogP) is 3.13. The number of nitrogens with zero attached hydrogens (tertiary/aromatic N) is 1. The Morgan fingerprint density at radius 1 is 1.11 bits per heavy atom. The zero-order valence-corrected chi connectivity index (χ0v) is 12.6. The van der Waals surface area contributed by atoms with Gasteiger partial charge in [-0.25, -0.2) is 0 Å². The first kappa shape index (κ1) is 14.3. The van der Waals surface area contributed by atoms with Crippen molar-refractivity contribution in [3.05, 3.63) is 0 Å². The first-order valence-electron chi connectivity index (χ1n) is 8.07. The van der Waals surface area contributed by atoms with Crippen LogP contribution in [-0.2, 0) is 0 Å². The lowest BCUT2D eigenvalue weighted by atomic mass is 9.79.